The van der Waals surface area contributed by atoms with Gasteiger partial charge in [0.25, 0.3) is 0 Å². The molecule has 0 nitrogen and oxygen atoms in total. The van der Waals surface area contributed by atoms with Gasteiger partial charge in [0.2, 0.25) is 0 Å². The van der Waals surface area contributed by atoms with Crippen molar-refractivity contribution >= 4 is 0 Å². The SMILES string of the molecule is C=CC1CC1=C1CC1.CC1=CC1(C)C1C=C1. The van der Waals surface area contributed by atoms with Crippen LogP contribution in [0.2, 0.25) is 0 Å². The van der Waals surface area contributed by atoms with Crippen molar-refractivity contribution in [2.75, 3.05) is 0 Å². The number of hydrogen-bond acceptors (Lipinski definition) is 0. The minimum Gasteiger partial charge on any atom is -0.102 e. The van der Waals surface area contributed by atoms with Crippen molar-refractivity contribution in [2.24, 2.45) is 17.3 Å². The Morgan fingerprint density at radius 1 is 1.38 bits per heavy atom. The van der Waals surface area contributed by atoms with Crippen LogP contribution in [0.5, 0.6) is 0 Å². The van der Waals surface area contributed by atoms with Crippen molar-refractivity contribution in [1.82, 2.24) is 0 Å². The summed E-state index contributed by atoms with van der Waals surface area (Å²) in [5.41, 5.74) is 5.50. The fourth-order valence-corrected chi connectivity index (χ4v) is 2.42. The molecule has 0 heteroatoms. The summed E-state index contributed by atoms with van der Waals surface area (Å²) in [6, 6.07) is 0. The molecular formula is C16H20. The fourth-order valence-electron chi connectivity index (χ4n) is 2.42. The number of rotatable bonds is 2. The van der Waals surface area contributed by atoms with Gasteiger partial charge in [0.05, 0.1) is 0 Å². The third kappa shape index (κ3) is 1.81. The van der Waals surface area contributed by atoms with Crippen LogP contribution >= 0.6 is 0 Å². The van der Waals surface area contributed by atoms with Crippen molar-refractivity contribution in [2.45, 2.75) is 33.1 Å². The Balaban J connectivity index is 0.000000101. The van der Waals surface area contributed by atoms with E-state index >= 15 is 0 Å². The monoisotopic (exact) mass is 212 g/mol. The predicted molar refractivity (Wildman–Crippen MR) is 69.1 cm³/mol. The molecule has 4 aliphatic carbocycles. The number of allylic oxidation sites excluding steroid dienone is 7. The second kappa shape index (κ2) is 3.23. The van der Waals surface area contributed by atoms with Gasteiger partial charge in [0, 0.05) is 17.3 Å². The molecule has 84 valence electrons. The van der Waals surface area contributed by atoms with E-state index in [1.165, 1.54) is 19.3 Å². The zero-order valence-electron chi connectivity index (χ0n) is 10.3. The summed E-state index contributed by atoms with van der Waals surface area (Å²) in [7, 11) is 0. The molecule has 0 aromatic heterocycles. The summed E-state index contributed by atoms with van der Waals surface area (Å²) >= 11 is 0. The second-order valence-electron chi connectivity index (χ2n) is 5.70. The molecule has 0 aromatic rings. The molecular weight excluding hydrogens is 192 g/mol. The summed E-state index contributed by atoms with van der Waals surface area (Å²) in [6.07, 6.45) is 13.1. The van der Waals surface area contributed by atoms with E-state index in [1.54, 1.807) is 16.7 Å². The first-order chi connectivity index (χ1) is 7.65. The van der Waals surface area contributed by atoms with Crippen molar-refractivity contribution in [1.29, 1.82) is 0 Å². The highest BCUT2D eigenvalue weighted by atomic mass is 14.5. The van der Waals surface area contributed by atoms with Crippen LogP contribution in [0.15, 0.2) is 47.6 Å². The van der Waals surface area contributed by atoms with Gasteiger partial charge in [-0.05, 0) is 26.2 Å². The fraction of sp³-hybridized carbons (Fsp3) is 0.500. The maximum Gasteiger partial charge on any atom is 0.0160 e. The molecule has 4 aliphatic rings. The van der Waals surface area contributed by atoms with Crippen LogP contribution in [0.4, 0.5) is 0 Å². The van der Waals surface area contributed by atoms with Crippen LogP contribution in [0.3, 0.4) is 0 Å². The largest absolute Gasteiger partial charge is 0.102 e. The maximum atomic E-state index is 3.75. The Hall–Kier alpha value is -1.04. The van der Waals surface area contributed by atoms with Gasteiger partial charge >= 0.3 is 0 Å². The Morgan fingerprint density at radius 2 is 2.00 bits per heavy atom. The molecule has 0 bridgehead atoms. The van der Waals surface area contributed by atoms with Crippen LogP contribution in [0.25, 0.3) is 0 Å². The van der Waals surface area contributed by atoms with E-state index in [4.69, 9.17) is 0 Å². The van der Waals surface area contributed by atoms with E-state index in [1.807, 2.05) is 0 Å². The van der Waals surface area contributed by atoms with Crippen molar-refractivity contribution in [3.63, 3.8) is 0 Å². The molecule has 0 spiro atoms. The molecule has 16 heavy (non-hydrogen) atoms. The molecule has 2 saturated carbocycles. The predicted octanol–water partition coefficient (Wildman–Crippen LogP) is 4.42. The minimum absolute atomic E-state index is 0.500. The highest BCUT2D eigenvalue weighted by Gasteiger charge is 2.44. The summed E-state index contributed by atoms with van der Waals surface area (Å²) < 4.78 is 0. The normalized spacial score (nSPS) is 37.4. The van der Waals surface area contributed by atoms with Gasteiger partial charge in [-0.3, -0.25) is 0 Å². The standard InChI is InChI=1S/2C8H10/c1-6-5-8(6,2)7-3-4-7;1-2-6-5-8(6)7-3-4-7/h3-5,7H,1-2H3;2,6H,1,3-5H2. The Kier molecular flexibility index (Phi) is 2.04. The molecule has 0 amide bonds. The maximum absolute atomic E-state index is 3.75. The van der Waals surface area contributed by atoms with Gasteiger partial charge in [-0.1, -0.05) is 47.9 Å². The van der Waals surface area contributed by atoms with Crippen molar-refractivity contribution in [3.05, 3.63) is 47.6 Å². The molecule has 0 N–H and O–H groups in total. The second-order valence-corrected chi connectivity index (χ2v) is 5.70. The lowest BCUT2D eigenvalue weighted by molar-refractivity contribution is 0.566. The molecule has 0 aromatic carbocycles. The van der Waals surface area contributed by atoms with E-state index in [2.05, 4.69) is 44.7 Å². The first kappa shape index (κ1) is 10.1. The molecule has 0 saturated heterocycles. The van der Waals surface area contributed by atoms with Crippen molar-refractivity contribution in [3.8, 4) is 0 Å². The molecule has 4 rings (SSSR count). The van der Waals surface area contributed by atoms with E-state index < -0.39 is 0 Å². The molecule has 0 heterocycles. The molecule has 0 radical (unpaired) electrons. The van der Waals surface area contributed by atoms with Crippen molar-refractivity contribution < 1.29 is 0 Å². The van der Waals surface area contributed by atoms with Gasteiger partial charge in [0.1, 0.15) is 0 Å². The van der Waals surface area contributed by atoms with Gasteiger partial charge in [-0.15, -0.1) is 6.58 Å². The third-order valence-electron chi connectivity index (χ3n) is 4.33. The van der Waals surface area contributed by atoms with Gasteiger partial charge in [-0.25, -0.2) is 0 Å². The molecule has 2 fully saturated rings. The Morgan fingerprint density at radius 3 is 2.25 bits per heavy atom. The Labute approximate surface area is 98.4 Å². The van der Waals surface area contributed by atoms with E-state index in [9.17, 15) is 0 Å². The smallest absolute Gasteiger partial charge is 0.0160 e. The zero-order chi connectivity index (χ0) is 11.3. The van der Waals surface area contributed by atoms with Gasteiger partial charge in [0.15, 0.2) is 0 Å². The molecule has 0 aliphatic heterocycles. The zero-order valence-corrected chi connectivity index (χ0v) is 10.3. The lowest BCUT2D eigenvalue weighted by atomic mass is 9.96. The Bertz CT molecular complexity index is 421. The highest BCUT2D eigenvalue weighted by Crippen LogP contribution is 2.54. The van der Waals surface area contributed by atoms with E-state index in [-0.39, 0.29) is 0 Å². The van der Waals surface area contributed by atoms with Crippen LogP contribution in [-0.4, -0.2) is 0 Å². The van der Waals surface area contributed by atoms with Crippen LogP contribution in [0.1, 0.15) is 33.1 Å². The van der Waals surface area contributed by atoms with E-state index in [0.717, 1.165) is 11.8 Å². The summed E-state index contributed by atoms with van der Waals surface area (Å²) in [5.74, 6) is 1.59. The first-order valence-corrected chi connectivity index (χ1v) is 6.37. The minimum atomic E-state index is 0.500. The van der Waals surface area contributed by atoms with E-state index in [0.29, 0.717) is 5.41 Å². The molecule has 2 atom stereocenters. The summed E-state index contributed by atoms with van der Waals surface area (Å²) in [5, 5.41) is 0. The summed E-state index contributed by atoms with van der Waals surface area (Å²) in [6.45, 7) is 8.26. The average Bonchev–Trinajstić information content (AvgIpc) is 3.04. The van der Waals surface area contributed by atoms with Gasteiger partial charge in [-0.2, -0.15) is 0 Å². The quantitative estimate of drug-likeness (QED) is 0.594. The lowest BCUT2D eigenvalue weighted by Gasteiger charge is -2.06. The molecule has 2 unspecified atom stereocenters. The van der Waals surface area contributed by atoms with Crippen LogP contribution in [-0.2, 0) is 0 Å². The summed E-state index contributed by atoms with van der Waals surface area (Å²) in [4.78, 5) is 0. The lowest BCUT2D eigenvalue weighted by Crippen LogP contribution is -2.00. The first-order valence-electron chi connectivity index (χ1n) is 6.37. The topological polar surface area (TPSA) is 0 Å². The highest BCUT2D eigenvalue weighted by molar-refractivity contribution is 5.44. The van der Waals surface area contributed by atoms with Gasteiger partial charge < -0.3 is 0 Å². The van der Waals surface area contributed by atoms with Crippen LogP contribution < -0.4 is 0 Å². The number of hydrogen-bond donors (Lipinski definition) is 0. The third-order valence-corrected chi connectivity index (χ3v) is 4.33. The average molecular weight is 212 g/mol. The van der Waals surface area contributed by atoms with Crippen LogP contribution in [0, 0.1) is 17.3 Å².